The highest BCUT2D eigenvalue weighted by molar-refractivity contribution is 8.14. The van der Waals surface area contributed by atoms with E-state index in [4.69, 9.17) is 4.99 Å². The summed E-state index contributed by atoms with van der Waals surface area (Å²) in [7, 11) is 3.66. The van der Waals surface area contributed by atoms with Crippen molar-refractivity contribution >= 4 is 28.0 Å². The Labute approximate surface area is 167 Å². The summed E-state index contributed by atoms with van der Waals surface area (Å²) in [6, 6.07) is 12.9. The summed E-state index contributed by atoms with van der Waals surface area (Å²) in [6.45, 7) is 2.24. The minimum Gasteiger partial charge on any atom is -0.338 e. The van der Waals surface area contributed by atoms with Crippen molar-refractivity contribution in [3.63, 3.8) is 0 Å². The lowest BCUT2D eigenvalue weighted by Crippen LogP contribution is -2.35. The zero-order valence-electron chi connectivity index (χ0n) is 16.2. The zero-order chi connectivity index (χ0) is 19.4. The third-order valence-electron chi connectivity index (χ3n) is 5.97. The van der Waals surface area contributed by atoms with Crippen LogP contribution in [-0.4, -0.2) is 36.0 Å². The van der Waals surface area contributed by atoms with E-state index < -0.39 is 0 Å². The van der Waals surface area contributed by atoms with Crippen LogP contribution in [0.2, 0.25) is 0 Å². The molecule has 2 aromatic heterocycles. The molecule has 3 atom stereocenters. The van der Waals surface area contributed by atoms with Crippen LogP contribution in [0.3, 0.4) is 0 Å². The standard InChI is InChI=1S/C21H23N5OS/c1-4-14-12-28-20-23-18(15-7-5-6-10-22-15)19(26(14)20)13-8-9-16-17(11-13)25(3)21(27)24(16)2/h5-11,14,18-19H,4,12H2,1-3H3/t14-,18-,19+/m1/s1. The van der Waals surface area contributed by atoms with Crippen LogP contribution in [0.25, 0.3) is 11.0 Å². The van der Waals surface area contributed by atoms with E-state index in [0.717, 1.165) is 34.1 Å². The first kappa shape index (κ1) is 17.6. The Hall–Kier alpha value is -2.54. The van der Waals surface area contributed by atoms with E-state index in [9.17, 15) is 4.79 Å². The number of hydrogen-bond acceptors (Lipinski definition) is 5. The molecule has 0 saturated carbocycles. The van der Waals surface area contributed by atoms with Gasteiger partial charge in [0.25, 0.3) is 0 Å². The predicted molar refractivity (Wildman–Crippen MR) is 114 cm³/mol. The molecule has 4 heterocycles. The number of rotatable bonds is 3. The molecule has 0 bridgehead atoms. The number of aryl methyl sites for hydroxylation is 2. The van der Waals surface area contributed by atoms with Gasteiger partial charge >= 0.3 is 5.69 Å². The largest absolute Gasteiger partial charge is 0.338 e. The van der Waals surface area contributed by atoms with Crippen molar-refractivity contribution < 1.29 is 0 Å². The molecule has 0 radical (unpaired) electrons. The predicted octanol–water partition coefficient (Wildman–Crippen LogP) is 3.25. The monoisotopic (exact) mass is 393 g/mol. The minimum atomic E-state index is -0.0313. The van der Waals surface area contributed by atoms with Crippen molar-refractivity contribution in [1.82, 2.24) is 19.0 Å². The molecule has 2 aliphatic rings. The number of pyridine rings is 1. The van der Waals surface area contributed by atoms with Gasteiger partial charge in [0.05, 0.1) is 22.8 Å². The lowest BCUT2D eigenvalue weighted by Gasteiger charge is -2.32. The Bertz CT molecular complexity index is 1130. The van der Waals surface area contributed by atoms with Gasteiger partial charge in [0.2, 0.25) is 0 Å². The lowest BCUT2D eigenvalue weighted by atomic mass is 9.95. The molecule has 0 aliphatic carbocycles. The molecule has 1 aromatic carbocycles. The molecule has 7 heteroatoms. The van der Waals surface area contributed by atoms with Gasteiger partial charge in [0, 0.05) is 32.1 Å². The van der Waals surface area contributed by atoms with Crippen LogP contribution in [0.4, 0.5) is 0 Å². The average Bonchev–Trinajstić information content (AvgIpc) is 3.36. The Morgan fingerprint density at radius 1 is 1.14 bits per heavy atom. The van der Waals surface area contributed by atoms with Gasteiger partial charge in [-0.2, -0.15) is 0 Å². The Kier molecular flexibility index (Phi) is 4.08. The number of thioether (sulfide) groups is 1. The third-order valence-corrected chi connectivity index (χ3v) is 7.09. The number of hydrogen-bond donors (Lipinski definition) is 0. The van der Waals surface area contributed by atoms with Crippen molar-refractivity contribution in [1.29, 1.82) is 0 Å². The fourth-order valence-electron chi connectivity index (χ4n) is 4.42. The van der Waals surface area contributed by atoms with E-state index in [-0.39, 0.29) is 17.8 Å². The first-order valence-corrected chi connectivity index (χ1v) is 10.6. The molecular formula is C21H23N5OS. The van der Waals surface area contributed by atoms with Gasteiger partial charge in [0.15, 0.2) is 5.17 Å². The van der Waals surface area contributed by atoms with Crippen molar-refractivity contribution in [2.24, 2.45) is 19.1 Å². The maximum atomic E-state index is 12.4. The SMILES string of the molecule is CC[C@@H]1CSC2=N[C@H](c3ccccn3)[C@H](c3ccc4c(c3)n(C)c(=O)n4C)N21. The molecule has 1 saturated heterocycles. The van der Waals surface area contributed by atoms with Crippen molar-refractivity contribution in [2.75, 3.05) is 5.75 Å². The van der Waals surface area contributed by atoms with Gasteiger partial charge in [-0.25, -0.2) is 4.79 Å². The molecule has 2 aliphatic heterocycles. The quantitative estimate of drug-likeness (QED) is 0.685. The topological polar surface area (TPSA) is 55.4 Å². The van der Waals surface area contributed by atoms with Crippen LogP contribution in [0.15, 0.2) is 52.4 Å². The molecule has 5 rings (SSSR count). The highest BCUT2D eigenvalue weighted by Crippen LogP contribution is 2.48. The molecule has 0 N–H and O–H groups in total. The number of benzene rings is 1. The third kappa shape index (κ3) is 2.45. The molecule has 3 aromatic rings. The molecule has 6 nitrogen and oxygen atoms in total. The van der Waals surface area contributed by atoms with Crippen molar-refractivity contribution in [3.05, 3.63) is 64.3 Å². The van der Waals surface area contributed by atoms with Gasteiger partial charge in [-0.3, -0.25) is 19.1 Å². The van der Waals surface area contributed by atoms with E-state index >= 15 is 0 Å². The van der Waals surface area contributed by atoms with E-state index in [1.54, 1.807) is 9.13 Å². The normalized spacial score (nSPS) is 24.0. The number of imidazole rings is 1. The Balaban J connectivity index is 1.67. The van der Waals surface area contributed by atoms with E-state index in [1.807, 2.05) is 44.2 Å². The molecule has 28 heavy (non-hydrogen) atoms. The smallest absolute Gasteiger partial charge is 0.328 e. The summed E-state index contributed by atoms with van der Waals surface area (Å²) in [5.74, 6) is 1.08. The van der Waals surface area contributed by atoms with Gasteiger partial charge < -0.3 is 4.90 Å². The number of aromatic nitrogens is 3. The summed E-state index contributed by atoms with van der Waals surface area (Å²) in [5.41, 5.74) is 4.08. The second kappa shape index (κ2) is 6.51. The Morgan fingerprint density at radius 3 is 2.71 bits per heavy atom. The van der Waals surface area contributed by atoms with Crippen LogP contribution in [0.1, 0.15) is 36.7 Å². The van der Waals surface area contributed by atoms with Crippen LogP contribution in [-0.2, 0) is 14.1 Å². The second-order valence-corrected chi connectivity index (χ2v) is 8.47. The number of aliphatic imine (C=N–C) groups is 1. The van der Waals surface area contributed by atoms with E-state index in [2.05, 4.69) is 41.1 Å². The zero-order valence-corrected chi connectivity index (χ0v) is 17.1. The van der Waals surface area contributed by atoms with Gasteiger partial charge in [0.1, 0.15) is 6.04 Å². The fraction of sp³-hybridized carbons (Fsp3) is 0.381. The maximum Gasteiger partial charge on any atom is 0.328 e. The highest BCUT2D eigenvalue weighted by Gasteiger charge is 2.45. The number of amidine groups is 1. The lowest BCUT2D eigenvalue weighted by molar-refractivity contribution is 0.255. The first-order valence-electron chi connectivity index (χ1n) is 9.65. The fourth-order valence-corrected chi connectivity index (χ4v) is 5.76. The average molecular weight is 394 g/mol. The second-order valence-electron chi connectivity index (χ2n) is 7.49. The molecule has 0 spiro atoms. The Morgan fingerprint density at radius 2 is 1.96 bits per heavy atom. The summed E-state index contributed by atoms with van der Waals surface area (Å²) < 4.78 is 3.42. The van der Waals surface area contributed by atoms with Crippen LogP contribution in [0.5, 0.6) is 0 Å². The maximum absolute atomic E-state index is 12.4. The van der Waals surface area contributed by atoms with Crippen LogP contribution >= 0.6 is 11.8 Å². The van der Waals surface area contributed by atoms with E-state index in [1.165, 1.54) is 5.56 Å². The number of nitrogens with zero attached hydrogens (tertiary/aromatic N) is 5. The molecule has 0 amide bonds. The van der Waals surface area contributed by atoms with Crippen molar-refractivity contribution in [2.45, 2.75) is 31.5 Å². The van der Waals surface area contributed by atoms with Crippen LogP contribution in [0, 0.1) is 0 Å². The molecule has 1 fully saturated rings. The summed E-state index contributed by atoms with van der Waals surface area (Å²) >= 11 is 1.84. The summed E-state index contributed by atoms with van der Waals surface area (Å²) in [4.78, 5) is 24.5. The highest BCUT2D eigenvalue weighted by atomic mass is 32.2. The number of fused-ring (bicyclic) bond motifs is 2. The van der Waals surface area contributed by atoms with E-state index in [0.29, 0.717) is 6.04 Å². The molecule has 144 valence electrons. The molecule has 0 unspecified atom stereocenters. The van der Waals surface area contributed by atoms with Gasteiger partial charge in [-0.1, -0.05) is 30.8 Å². The van der Waals surface area contributed by atoms with Gasteiger partial charge in [-0.05, 0) is 36.2 Å². The first-order chi connectivity index (χ1) is 13.6. The van der Waals surface area contributed by atoms with Gasteiger partial charge in [-0.15, -0.1) is 0 Å². The van der Waals surface area contributed by atoms with Crippen molar-refractivity contribution in [3.8, 4) is 0 Å². The van der Waals surface area contributed by atoms with Crippen LogP contribution < -0.4 is 5.69 Å². The molecular weight excluding hydrogens is 370 g/mol. The minimum absolute atomic E-state index is 0.0000465. The summed E-state index contributed by atoms with van der Waals surface area (Å²) in [5, 5.41) is 1.12. The summed E-state index contributed by atoms with van der Waals surface area (Å²) in [6.07, 6.45) is 2.92.